The van der Waals surface area contributed by atoms with Gasteiger partial charge in [0.15, 0.2) is 9.84 Å². The molecule has 1 aliphatic rings. The highest BCUT2D eigenvalue weighted by molar-refractivity contribution is 7.92. The Labute approximate surface area is 126 Å². The van der Waals surface area contributed by atoms with Crippen LogP contribution in [0.15, 0.2) is 0 Å². The second-order valence-electron chi connectivity index (χ2n) is 6.75. The van der Waals surface area contributed by atoms with Crippen molar-refractivity contribution in [1.29, 1.82) is 0 Å². The lowest BCUT2D eigenvalue weighted by Crippen LogP contribution is -2.49. The third-order valence-electron chi connectivity index (χ3n) is 4.24. The molecule has 6 nitrogen and oxygen atoms in total. The van der Waals surface area contributed by atoms with Crippen molar-refractivity contribution in [3.8, 4) is 0 Å². The molecule has 1 amide bonds. The molecule has 0 bridgehead atoms. The van der Waals surface area contributed by atoms with Crippen molar-refractivity contribution in [2.24, 2.45) is 5.41 Å². The fourth-order valence-corrected chi connectivity index (χ4v) is 3.99. The average Bonchev–Trinajstić information content (AvgIpc) is 3.04. The summed E-state index contributed by atoms with van der Waals surface area (Å²) in [6.45, 7) is 6.94. The van der Waals surface area contributed by atoms with Crippen LogP contribution in [-0.4, -0.2) is 41.9 Å². The fourth-order valence-electron chi connectivity index (χ4n) is 2.11. The van der Waals surface area contributed by atoms with Gasteiger partial charge in [0.2, 0.25) is 5.91 Å². The molecule has 1 aliphatic carbocycles. The minimum atomic E-state index is -3.66. The number of hydrogen-bond acceptors (Lipinski definition) is 4. The minimum absolute atomic E-state index is 0.152. The van der Waals surface area contributed by atoms with E-state index in [9.17, 15) is 18.0 Å². The molecule has 0 radical (unpaired) electrons. The van der Waals surface area contributed by atoms with Crippen LogP contribution in [0, 0.1) is 5.41 Å². The number of carboxylic acid groups (broad SMARTS) is 1. The van der Waals surface area contributed by atoms with Gasteiger partial charge in [0.05, 0.1) is 12.2 Å². The van der Waals surface area contributed by atoms with E-state index in [-0.39, 0.29) is 12.2 Å². The number of amides is 1. The van der Waals surface area contributed by atoms with Gasteiger partial charge in [-0.05, 0) is 45.4 Å². The molecule has 1 rings (SSSR count). The Morgan fingerprint density at radius 3 is 2.24 bits per heavy atom. The summed E-state index contributed by atoms with van der Waals surface area (Å²) in [5.41, 5.74) is -1.13. The molecule has 0 aromatic rings. The summed E-state index contributed by atoms with van der Waals surface area (Å²) in [6, 6.07) is 0. The van der Waals surface area contributed by atoms with Crippen LogP contribution < -0.4 is 5.32 Å². The lowest BCUT2D eigenvalue weighted by Gasteiger charge is -2.27. The number of aliphatic carboxylic acids is 1. The molecule has 0 aromatic heterocycles. The quantitative estimate of drug-likeness (QED) is 0.703. The van der Waals surface area contributed by atoms with Crippen molar-refractivity contribution in [2.45, 2.75) is 64.2 Å². The van der Waals surface area contributed by atoms with Crippen molar-refractivity contribution in [2.75, 3.05) is 5.75 Å². The van der Waals surface area contributed by atoms with Crippen LogP contribution in [0.5, 0.6) is 0 Å². The zero-order valence-electron chi connectivity index (χ0n) is 13.1. The summed E-state index contributed by atoms with van der Waals surface area (Å²) in [7, 11) is -3.66. The van der Waals surface area contributed by atoms with E-state index in [2.05, 4.69) is 5.32 Å². The zero-order chi connectivity index (χ0) is 16.5. The van der Waals surface area contributed by atoms with E-state index in [1.165, 1.54) is 6.92 Å². The van der Waals surface area contributed by atoms with Crippen molar-refractivity contribution in [3.05, 3.63) is 0 Å². The van der Waals surface area contributed by atoms with Gasteiger partial charge >= 0.3 is 5.97 Å². The normalized spacial score (nSPS) is 18.9. The fraction of sp³-hybridized carbons (Fsp3) is 0.857. The Bertz CT molecular complexity index is 519. The van der Waals surface area contributed by atoms with Gasteiger partial charge in [-0.25, -0.2) is 8.42 Å². The number of rotatable bonds is 8. The first kappa shape index (κ1) is 17.9. The van der Waals surface area contributed by atoms with Crippen LogP contribution >= 0.6 is 0 Å². The predicted octanol–water partition coefficient (Wildman–Crippen LogP) is 1.35. The molecule has 0 aliphatic heterocycles. The zero-order valence-corrected chi connectivity index (χ0v) is 13.9. The highest BCUT2D eigenvalue weighted by atomic mass is 32.2. The highest BCUT2D eigenvalue weighted by Crippen LogP contribution is 2.50. The summed E-state index contributed by atoms with van der Waals surface area (Å²) < 4.78 is 24.7. The standard InChI is InChI=1S/C14H25NO5S/c1-5-13(3,4)15-12(18)10(2)21(19,20)9-14(6-7-14)8-11(16)17/h10H,5-9H2,1-4H3,(H,15,18)(H,16,17). The SMILES string of the molecule is CCC(C)(C)NC(=O)C(C)S(=O)(=O)CC1(CC(=O)O)CC1. The second-order valence-corrected chi connectivity index (χ2v) is 9.07. The van der Waals surface area contributed by atoms with E-state index in [0.717, 1.165) is 0 Å². The minimum Gasteiger partial charge on any atom is -0.481 e. The number of hydrogen-bond donors (Lipinski definition) is 2. The van der Waals surface area contributed by atoms with Gasteiger partial charge in [-0.3, -0.25) is 9.59 Å². The van der Waals surface area contributed by atoms with E-state index in [1.807, 2.05) is 20.8 Å². The Morgan fingerprint density at radius 1 is 1.33 bits per heavy atom. The van der Waals surface area contributed by atoms with E-state index in [1.54, 1.807) is 0 Å². The van der Waals surface area contributed by atoms with Crippen LogP contribution in [0.2, 0.25) is 0 Å². The van der Waals surface area contributed by atoms with Gasteiger partial charge in [-0.1, -0.05) is 6.92 Å². The summed E-state index contributed by atoms with van der Waals surface area (Å²) >= 11 is 0. The Balaban J connectivity index is 2.74. The molecular formula is C14H25NO5S. The summed E-state index contributed by atoms with van der Waals surface area (Å²) in [5, 5.41) is 10.4. The number of sulfone groups is 1. The Morgan fingerprint density at radius 2 is 1.86 bits per heavy atom. The van der Waals surface area contributed by atoms with E-state index >= 15 is 0 Å². The van der Waals surface area contributed by atoms with Gasteiger partial charge in [0.1, 0.15) is 5.25 Å². The largest absolute Gasteiger partial charge is 0.481 e. The van der Waals surface area contributed by atoms with Gasteiger partial charge in [0, 0.05) is 5.54 Å². The van der Waals surface area contributed by atoms with Crippen molar-refractivity contribution in [3.63, 3.8) is 0 Å². The van der Waals surface area contributed by atoms with E-state index in [4.69, 9.17) is 5.11 Å². The average molecular weight is 319 g/mol. The first-order valence-electron chi connectivity index (χ1n) is 7.18. The molecule has 7 heteroatoms. The van der Waals surface area contributed by atoms with Gasteiger partial charge < -0.3 is 10.4 Å². The number of carboxylic acids is 1. The lowest BCUT2D eigenvalue weighted by atomic mass is 10.0. The monoisotopic (exact) mass is 319 g/mol. The van der Waals surface area contributed by atoms with Crippen LogP contribution in [0.25, 0.3) is 0 Å². The number of nitrogens with one attached hydrogen (secondary N) is 1. The number of carbonyl (C=O) groups excluding carboxylic acids is 1. The lowest BCUT2D eigenvalue weighted by molar-refractivity contribution is -0.138. The second kappa shape index (κ2) is 5.94. The third kappa shape index (κ3) is 4.98. The molecule has 2 N–H and O–H groups in total. The summed E-state index contributed by atoms with van der Waals surface area (Å²) in [6.07, 6.45) is 1.72. The van der Waals surface area contributed by atoms with Crippen molar-refractivity contribution < 1.29 is 23.1 Å². The third-order valence-corrected chi connectivity index (χ3v) is 6.55. The van der Waals surface area contributed by atoms with Gasteiger partial charge in [0.25, 0.3) is 0 Å². The maximum atomic E-state index is 12.3. The Hall–Kier alpha value is -1.11. The molecule has 21 heavy (non-hydrogen) atoms. The van der Waals surface area contributed by atoms with Gasteiger partial charge in [-0.15, -0.1) is 0 Å². The van der Waals surface area contributed by atoms with E-state index in [0.29, 0.717) is 19.3 Å². The number of carbonyl (C=O) groups is 2. The molecule has 0 spiro atoms. The van der Waals surface area contributed by atoms with Crippen LogP contribution in [-0.2, 0) is 19.4 Å². The summed E-state index contributed by atoms with van der Waals surface area (Å²) in [5.74, 6) is -1.74. The first-order chi connectivity index (χ1) is 9.43. The smallest absolute Gasteiger partial charge is 0.303 e. The highest BCUT2D eigenvalue weighted by Gasteiger charge is 2.49. The maximum Gasteiger partial charge on any atom is 0.303 e. The molecule has 0 heterocycles. The van der Waals surface area contributed by atoms with Crippen LogP contribution in [0.3, 0.4) is 0 Å². The van der Waals surface area contributed by atoms with Crippen molar-refractivity contribution >= 4 is 21.7 Å². The molecule has 1 unspecified atom stereocenters. The van der Waals surface area contributed by atoms with Crippen LogP contribution in [0.1, 0.15) is 53.4 Å². The van der Waals surface area contributed by atoms with Crippen molar-refractivity contribution in [1.82, 2.24) is 5.32 Å². The van der Waals surface area contributed by atoms with Gasteiger partial charge in [-0.2, -0.15) is 0 Å². The molecule has 122 valence electrons. The molecule has 1 atom stereocenters. The molecular weight excluding hydrogens is 294 g/mol. The molecule has 1 fully saturated rings. The molecule has 1 saturated carbocycles. The predicted molar refractivity (Wildman–Crippen MR) is 79.7 cm³/mol. The maximum absolute atomic E-state index is 12.3. The molecule has 0 aromatic carbocycles. The molecule has 0 saturated heterocycles. The summed E-state index contributed by atoms with van der Waals surface area (Å²) in [4.78, 5) is 22.9. The van der Waals surface area contributed by atoms with Crippen LogP contribution in [0.4, 0.5) is 0 Å². The van der Waals surface area contributed by atoms with E-state index < -0.39 is 37.9 Å². The topological polar surface area (TPSA) is 101 Å². The first-order valence-corrected chi connectivity index (χ1v) is 8.90. The Kier molecular flexibility index (Phi) is 5.08.